The van der Waals surface area contributed by atoms with Crippen molar-refractivity contribution < 1.29 is 9.64 Å². The quantitative estimate of drug-likeness (QED) is 0.836. The third-order valence-corrected chi connectivity index (χ3v) is 5.79. The Labute approximate surface area is 148 Å². The fraction of sp³-hybridized carbons (Fsp3) is 0.333. The Morgan fingerprint density at radius 1 is 1.04 bits per heavy atom. The molecule has 0 radical (unpaired) electrons. The summed E-state index contributed by atoms with van der Waals surface area (Å²) < 4.78 is 6.62. The molecule has 1 saturated heterocycles. The van der Waals surface area contributed by atoms with E-state index in [1.165, 1.54) is 16.8 Å². The van der Waals surface area contributed by atoms with Crippen LogP contribution in [0, 0.1) is 0 Å². The Hall–Kier alpha value is -2.30. The molecule has 3 heterocycles. The van der Waals surface area contributed by atoms with Gasteiger partial charge in [0.15, 0.2) is 5.72 Å². The summed E-state index contributed by atoms with van der Waals surface area (Å²) in [6.07, 6.45) is 4.42. The highest BCUT2D eigenvalue weighted by atomic mass is 16.5. The third-order valence-electron chi connectivity index (χ3n) is 5.79. The number of piperidine rings is 1. The molecule has 1 atom stereocenters. The number of nitrogens with one attached hydrogen (secondary N) is 2. The lowest BCUT2D eigenvalue weighted by molar-refractivity contribution is -0.888. The van der Waals surface area contributed by atoms with E-state index in [0.29, 0.717) is 0 Å². The summed E-state index contributed by atoms with van der Waals surface area (Å²) in [4.78, 5) is 1.58. The Balaban J connectivity index is 1.58. The predicted octanol–water partition coefficient (Wildman–Crippen LogP) is 1.99. The van der Waals surface area contributed by atoms with Crippen molar-refractivity contribution in [1.29, 1.82) is 0 Å². The van der Waals surface area contributed by atoms with E-state index in [1.807, 2.05) is 0 Å². The van der Waals surface area contributed by atoms with Crippen molar-refractivity contribution in [3.05, 3.63) is 71.8 Å². The first-order chi connectivity index (χ1) is 12.3. The van der Waals surface area contributed by atoms with Gasteiger partial charge in [-0.05, 0) is 17.7 Å². The zero-order valence-electron chi connectivity index (χ0n) is 14.5. The van der Waals surface area contributed by atoms with Gasteiger partial charge in [-0.3, -0.25) is 0 Å². The number of rotatable bonds is 1. The van der Waals surface area contributed by atoms with E-state index >= 15 is 0 Å². The molecule has 3 aliphatic heterocycles. The summed E-state index contributed by atoms with van der Waals surface area (Å²) in [7, 11) is 2.27. The summed E-state index contributed by atoms with van der Waals surface area (Å²) in [5.74, 6) is 1.04. The lowest BCUT2D eigenvalue weighted by Gasteiger charge is -2.50. The zero-order chi connectivity index (χ0) is 16.9. The molecule has 1 spiro atoms. The van der Waals surface area contributed by atoms with E-state index in [1.54, 1.807) is 4.90 Å². The molecule has 25 heavy (non-hydrogen) atoms. The highest BCUT2D eigenvalue weighted by Crippen LogP contribution is 2.47. The van der Waals surface area contributed by atoms with Crippen LogP contribution < -0.4 is 15.1 Å². The fourth-order valence-corrected chi connectivity index (χ4v) is 4.31. The molecule has 4 heteroatoms. The highest BCUT2D eigenvalue weighted by Gasteiger charge is 2.52. The molecule has 0 bridgehead atoms. The molecule has 128 valence electrons. The Morgan fingerprint density at radius 3 is 2.56 bits per heavy atom. The largest absolute Gasteiger partial charge is 0.470 e. The molecule has 2 aromatic carbocycles. The number of para-hydroxylation sites is 1. The van der Waals surface area contributed by atoms with Crippen molar-refractivity contribution >= 4 is 5.70 Å². The minimum Gasteiger partial charge on any atom is -0.470 e. The molecule has 0 amide bonds. The lowest BCUT2D eigenvalue weighted by atomic mass is 9.93. The van der Waals surface area contributed by atoms with E-state index in [9.17, 15) is 0 Å². The van der Waals surface area contributed by atoms with Crippen molar-refractivity contribution in [2.24, 2.45) is 0 Å². The second-order valence-corrected chi connectivity index (χ2v) is 7.42. The SMILES string of the molecule is C[NH+]1CCC2(CC1)Oc1ccccc1C1C=C(c3ccccc3)NN12. The maximum atomic E-state index is 6.62. The summed E-state index contributed by atoms with van der Waals surface area (Å²) in [5.41, 5.74) is 7.08. The number of hydrazine groups is 1. The first kappa shape index (κ1) is 15.0. The van der Waals surface area contributed by atoms with Crippen molar-refractivity contribution in [2.45, 2.75) is 24.6 Å². The van der Waals surface area contributed by atoms with Gasteiger partial charge in [0.25, 0.3) is 0 Å². The van der Waals surface area contributed by atoms with Gasteiger partial charge in [0, 0.05) is 5.56 Å². The fourth-order valence-electron chi connectivity index (χ4n) is 4.31. The minimum absolute atomic E-state index is 0.221. The Bertz CT molecular complexity index is 809. The van der Waals surface area contributed by atoms with Gasteiger partial charge in [-0.25, -0.2) is 0 Å². The van der Waals surface area contributed by atoms with Crippen LogP contribution in [-0.4, -0.2) is 30.9 Å². The Morgan fingerprint density at radius 2 is 1.76 bits per heavy atom. The van der Waals surface area contributed by atoms with E-state index < -0.39 is 0 Å². The summed E-state index contributed by atoms with van der Waals surface area (Å²) >= 11 is 0. The van der Waals surface area contributed by atoms with Gasteiger partial charge >= 0.3 is 0 Å². The number of benzene rings is 2. The molecular weight excluding hydrogens is 310 g/mol. The Kier molecular flexibility index (Phi) is 3.37. The van der Waals surface area contributed by atoms with Crippen LogP contribution in [0.15, 0.2) is 60.7 Å². The zero-order valence-corrected chi connectivity index (χ0v) is 14.5. The topological polar surface area (TPSA) is 28.9 Å². The number of quaternary nitrogens is 1. The third kappa shape index (κ3) is 2.36. The predicted molar refractivity (Wildman–Crippen MR) is 97.8 cm³/mol. The molecule has 1 fully saturated rings. The molecule has 4 nitrogen and oxygen atoms in total. The molecule has 1 unspecified atom stereocenters. The lowest BCUT2D eigenvalue weighted by Crippen LogP contribution is -3.11. The molecule has 3 aliphatic rings. The van der Waals surface area contributed by atoms with E-state index in [4.69, 9.17) is 4.74 Å². The molecule has 0 aliphatic carbocycles. The highest BCUT2D eigenvalue weighted by molar-refractivity contribution is 5.67. The molecule has 2 aromatic rings. The van der Waals surface area contributed by atoms with E-state index in [2.05, 4.69) is 78.2 Å². The van der Waals surface area contributed by atoms with Gasteiger partial charge in [-0.1, -0.05) is 48.5 Å². The van der Waals surface area contributed by atoms with Gasteiger partial charge in [0.1, 0.15) is 5.75 Å². The average molecular weight is 334 g/mol. The van der Waals surface area contributed by atoms with Crippen LogP contribution >= 0.6 is 0 Å². The first-order valence-electron chi connectivity index (χ1n) is 9.18. The second-order valence-electron chi connectivity index (χ2n) is 7.42. The normalized spacial score (nSPS) is 30.8. The number of likely N-dealkylation sites (tertiary alicyclic amines) is 1. The van der Waals surface area contributed by atoms with Crippen LogP contribution in [-0.2, 0) is 0 Å². The van der Waals surface area contributed by atoms with Crippen molar-refractivity contribution in [3.8, 4) is 5.75 Å². The molecular formula is C21H24N3O+. The van der Waals surface area contributed by atoms with Crippen LogP contribution in [0.3, 0.4) is 0 Å². The van der Waals surface area contributed by atoms with Gasteiger partial charge in [0.05, 0.1) is 44.7 Å². The second kappa shape index (κ2) is 5.61. The van der Waals surface area contributed by atoms with Gasteiger partial charge in [-0.2, -0.15) is 5.01 Å². The molecule has 2 N–H and O–H groups in total. The number of hydrogen-bond donors (Lipinski definition) is 2. The van der Waals surface area contributed by atoms with Crippen molar-refractivity contribution in [1.82, 2.24) is 10.4 Å². The van der Waals surface area contributed by atoms with Crippen molar-refractivity contribution in [2.75, 3.05) is 20.1 Å². The number of ether oxygens (including phenoxy) is 1. The smallest absolute Gasteiger partial charge is 0.191 e. The van der Waals surface area contributed by atoms with Crippen LogP contribution in [0.5, 0.6) is 5.75 Å². The maximum absolute atomic E-state index is 6.62. The van der Waals surface area contributed by atoms with Gasteiger partial charge in [-0.15, -0.1) is 0 Å². The van der Waals surface area contributed by atoms with Gasteiger partial charge < -0.3 is 15.1 Å². The van der Waals surface area contributed by atoms with Gasteiger partial charge in [0.2, 0.25) is 0 Å². The number of hydrogen-bond acceptors (Lipinski definition) is 3. The molecule has 0 saturated carbocycles. The van der Waals surface area contributed by atoms with E-state index in [0.717, 1.165) is 31.7 Å². The number of nitrogens with zero attached hydrogens (tertiary/aromatic N) is 1. The van der Waals surface area contributed by atoms with Crippen LogP contribution in [0.2, 0.25) is 0 Å². The monoisotopic (exact) mass is 334 g/mol. The average Bonchev–Trinajstić information content (AvgIpc) is 3.12. The number of fused-ring (bicyclic) bond motifs is 4. The van der Waals surface area contributed by atoms with Crippen LogP contribution in [0.4, 0.5) is 0 Å². The van der Waals surface area contributed by atoms with Crippen molar-refractivity contribution in [3.63, 3.8) is 0 Å². The van der Waals surface area contributed by atoms with E-state index in [-0.39, 0.29) is 11.8 Å². The first-order valence-corrected chi connectivity index (χ1v) is 9.18. The minimum atomic E-state index is -0.258. The summed E-state index contributed by atoms with van der Waals surface area (Å²) in [6, 6.07) is 19.3. The maximum Gasteiger partial charge on any atom is 0.191 e. The van der Waals surface area contributed by atoms with Crippen LogP contribution in [0.25, 0.3) is 5.70 Å². The molecule has 0 aromatic heterocycles. The van der Waals surface area contributed by atoms with Crippen LogP contribution in [0.1, 0.15) is 30.0 Å². The summed E-state index contributed by atoms with van der Waals surface area (Å²) in [5, 5.41) is 2.37. The summed E-state index contributed by atoms with van der Waals surface area (Å²) in [6.45, 7) is 2.27. The molecule has 5 rings (SSSR count). The standard InChI is InChI=1S/C21H23N3O/c1-23-13-11-21(12-14-23)24-19(17-9-5-6-10-20(17)25-21)15-18(22-24)16-7-3-2-4-8-16/h2-10,15,19,22H,11-14H2,1H3/p+1.